The lowest BCUT2D eigenvalue weighted by atomic mass is 9.93. The molecule has 0 aromatic heterocycles. The molecule has 2 atom stereocenters. The second kappa shape index (κ2) is 4.66. The highest BCUT2D eigenvalue weighted by atomic mass is 15.3. The molecule has 2 aliphatic heterocycles. The molecule has 2 aliphatic rings. The van der Waals surface area contributed by atoms with Crippen molar-refractivity contribution in [2.75, 3.05) is 19.6 Å². The van der Waals surface area contributed by atoms with E-state index in [9.17, 15) is 0 Å². The van der Waals surface area contributed by atoms with Crippen LogP contribution in [0.4, 0.5) is 0 Å². The summed E-state index contributed by atoms with van der Waals surface area (Å²) >= 11 is 0. The Labute approximate surface area is 101 Å². The smallest absolute Gasteiger partial charge is 0.0352 e. The summed E-state index contributed by atoms with van der Waals surface area (Å²) in [4.78, 5) is 5.48. The van der Waals surface area contributed by atoms with Gasteiger partial charge in [-0.05, 0) is 53.0 Å². The van der Waals surface area contributed by atoms with Gasteiger partial charge in [0.25, 0.3) is 0 Å². The van der Waals surface area contributed by atoms with Crippen molar-refractivity contribution in [3.05, 3.63) is 0 Å². The largest absolute Gasteiger partial charge is 0.299 e. The van der Waals surface area contributed by atoms with Gasteiger partial charge in [0.15, 0.2) is 0 Å². The molecule has 2 saturated heterocycles. The molecule has 0 amide bonds. The fraction of sp³-hybridized carbons (Fsp3) is 1.00. The number of rotatable bonds is 3. The SMILES string of the molecule is CCC(C)N1CCCC12CCN(C(C)C)C2. The van der Waals surface area contributed by atoms with Crippen molar-refractivity contribution in [2.45, 2.75) is 71.0 Å². The molecule has 0 aromatic rings. The Balaban J connectivity index is 2.07. The average Bonchev–Trinajstić information content (AvgIpc) is 2.86. The predicted molar refractivity (Wildman–Crippen MR) is 69.8 cm³/mol. The molecule has 2 fully saturated rings. The number of hydrogen-bond donors (Lipinski definition) is 0. The number of hydrogen-bond acceptors (Lipinski definition) is 2. The van der Waals surface area contributed by atoms with Gasteiger partial charge in [-0.25, -0.2) is 0 Å². The maximum atomic E-state index is 2.81. The zero-order valence-electron chi connectivity index (χ0n) is 11.5. The fourth-order valence-corrected chi connectivity index (χ4v) is 3.63. The van der Waals surface area contributed by atoms with Gasteiger partial charge in [0, 0.05) is 30.7 Å². The van der Waals surface area contributed by atoms with Crippen LogP contribution in [0.15, 0.2) is 0 Å². The first-order chi connectivity index (χ1) is 7.59. The fourth-order valence-electron chi connectivity index (χ4n) is 3.63. The molecular formula is C14H28N2. The van der Waals surface area contributed by atoms with Gasteiger partial charge < -0.3 is 0 Å². The molecular weight excluding hydrogens is 196 g/mol. The van der Waals surface area contributed by atoms with E-state index in [2.05, 4.69) is 37.5 Å². The molecule has 2 heterocycles. The van der Waals surface area contributed by atoms with Gasteiger partial charge in [-0.2, -0.15) is 0 Å². The standard InChI is InChI=1S/C14H28N2/c1-5-13(4)16-9-6-7-14(16)8-10-15(11-14)12(2)3/h12-13H,5-11H2,1-4H3. The van der Waals surface area contributed by atoms with Crippen LogP contribution in [-0.2, 0) is 0 Å². The van der Waals surface area contributed by atoms with Crippen LogP contribution in [0.3, 0.4) is 0 Å². The second-order valence-electron chi connectivity index (χ2n) is 6.09. The Hall–Kier alpha value is -0.0800. The minimum atomic E-state index is 0.541. The first-order valence-electron chi connectivity index (χ1n) is 7.10. The Morgan fingerprint density at radius 3 is 2.44 bits per heavy atom. The molecule has 0 aliphatic carbocycles. The zero-order valence-corrected chi connectivity index (χ0v) is 11.5. The summed E-state index contributed by atoms with van der Waals surface area (Å²) in [6.07, 6.45) is 5.54. The summed E-state index contributed by atoms with van der Waals surface area (Å²) in [6, 6.07) is 1.49. The molecule has 0 bridgehead atoms. The minimum Gasteiger partial charge on any atom is -0.299 e. The highest BCUT2D eigenvalue weighted by Gasteiger charge is 2.47. The van der Waals surface area contributed by atoms with Crippen molar-refractivity contribution in [3.8, 4) is 0 Å². The normalized spacial score (nSPS) is 34.3. The van der Waals surface area contributed by atoms with E-state index < -0.39 is 0 Å². The van der Waals surface area contributed by atoms with E-state index in [-0.39, 0.29) is 0 Å². The predicted octanol–water partition coefficient (Wildman–Crippen LogP) is 2.73. The van der Waals surface area contributed by atoms with Crippen LogP contribution in [-0.4, -0.2) is 47.1 Å². The number of likely N-dealkylation sites (tertiary alicyclic amines) is 2. The highest BCUT2D eigenvalue weighted by molar-refractivity contribution is 5.04. The molecule has 0 saturated carbocycles. The first-order valence-corrected chi connectivity index (χ1v) is 7.10. The van der Waals surface area contributed by atoms with Crippen LogP contribution >= 0.6 is 0 Å². The Morgan fingerprint density at radius 1 is 1.12 bits per heavy atom. The van der Waals surface area contributed by atoms with Gasteiger partial charge in [0.1, 0.15) is 0 Å². The molecule has 0 radical (unpaired) electrons. The maximum absolute atomic E-state index is 2.81. The van der Waals surface area contributed by atoms with Crippen LogP contribution in [0.5, 0.6) is 0 Å². The third-order valence-electron chi connectivity index (χ3n) is 4.87. The Bertz CT molecular complexity index is 239. The third-order valence-corrected chi connectivity index (χ3v) is 4.87. The van der Waals surface area contributed by atoms with E-state index in [0.29, 0.717) is 5.54 Å². The van der Waals surface area contributed by atoms with E-state index in [4.69, 9.17) is 0 Å². The number of nitrogens with zero attached hydrogens (tertiary/aromatic N) is 2. The minimum absolute atomic E-state index is 0.541. The summed E-state index contributed by atoms with van der Waals surface area (Å²) in [5, 5.41) is 0. The van der Waals surface area contributed by atoms with Crippen molar-refractivity contribution in [2.24, 2.45) is 0 Å². The lowest BCUT2D eigenvalue weighted by Crippen LogP contribution is -2.50. The molecule has 2 nitrogen and oxygen atoms in total. The average molecular weight is 224 g/mol. The molecule has 1 spiro atoms. The van der Waals surface area contributed by atoms with Crippen LogP contribution < -0.4 is 0 Å². The van der Waals surface area contributed by atoms with Gasteiger partial charge in [-0.1, -0.05) is 6.92 Å². The molecule has 2 rings (SSSR count). The summed E-state index contributed by atoms with van der Waals surface area (Å²) in [7, 11) is 0. The van der Waals surface area contributed by atoms with Gasteiger partial charge in [-0.3, -0.25) is 9.80 Å². The Morgan fingerprint density at radius 2 is 1.88 bits per heavy atom. The van der Waals surface area contributed by atoms with Gasteiger partial charge in [-0.15, -0.1) is 0 Å². The lowest BCUT2D eigenvalue weighted by Gasteiger charge is -2.39. The topological polar surface area (TPSA) is 6.48 Å². The van der Waals surface area contributed by atoms with Crippen molar-refractivity contribution >= 4 is 0 Å². The van der Waals surface area contributed by atoms with Gasteiger partial charge >= 0.3 is 0 Å². The molecule has 94 valence electrons. The zero-order chi connectivity index (χ0) is 11.8. The molecule has 16 heavy (non-hydrogen) atoms. The van der Waals surface area contributed by atoms with E-state index in [1.807, 2.05) is 0 Å². The van der Waals surface area contributed by atoms with E-state index in [1.165, 1.54) is 45.3 Å². The molecule has 0 aromatic carbocycles. The maximum Gasteiger partial charge on any atom is 0.0352 e. The Kier molecular flexibility index (Phi) is 3.60. The van der Waals surface area contributed by atoms with Gasteiger partial charge in [0.2, 0.25) is 0 Å². The quantitative estimate of drug-likeness (QED) is 0.727. The van der Waals surface area contributed by atoms with E-state index in [0.717, 1.165) is 12.1 Å². The third kappa shape index (κ3) is 2.02. The van der Waals surface area contributed by atoms with Crippen LogP contribution in [0, 0.1) is 0 Å². The van der Waals surface area contributed by atoms with Crippen LogP contribution in [0.2, 0.25) is 0 Å². The molecule has 2 heteroatoms. The second-order valence-corrected chi connectivity index (χ2v) is 6.09. The van der Waals surface area contributed by atoms with Crippen molar-refractivity contribution in [3.63, 3.8) is 0 Å². The van der Waals surface area contributed by atoms with Crippen LogP contribution in [0.25, 0.3) is 0 Å². The molecule has 0 N–H and O–H groups in total. The van der Waals surface area contributed by atoms with Gasteiger partial charge in [0.05, 0.1) is 0 Å². The lowest BCUT2D eigenvalue weighted by molar-refractivity contribution is 0.0917. The van der Waals surface area contributed by atoms with Crippen molar-refractivity contribution in [1.82, 2.24) is 9.80 Å². The summed E-state index contributed by atoms with van der Waals surface area (Å²) in [5.41, 5.74) is 0.541. The first kappa shape index (κ1) is 12.4. The molecule has 2 unspecified atom stereocenters. The summed E-state index contributed by atoms with van der Waals surface area (Å²) in [5.74, 6) is 0. The monoisotopic (exact) mass is 224 g/mol. The van der Waals surface area contributed by atoms with E-state index >= 15 is 0 Å². The summed E-state index contributed by atoms with van der Waals surface area (Å²) in [6.45, 7) is 13.4. The van der Waals surface area contributed by atoms with E-state index in [1.54, 1.807) is 0 Å². The van der Waals surface area contributed by atoms with Crippen LogP contribution in [0.1, 0.15) is 53.4 Å². The van der Waals surface area contributed by atoms with Crippen molar-refractivity contribution in [1.29, 1.82) is 0 Å². The highest BCUT2D eigenvalue weighted by Crippen LogP contribution is 2.39. The summed E-state index contributed by atoms with van der Waals surface area (Å²) < 4.78 is 0. The van der Waals surface area contributed by atoms with Crippen molar-refractivity contribution < 1.29 is 0 Å².